The fourth-order valence-electron chi connectivity index (χ4n) is 3.60. The second-order valence-electron chi connectivity index (χ2n) is 5.63. The average Bonchev–Trinajstić information content (AvgIpc) is 3.08. The summed E-state index contributed by atoms with van der Waals surface area (Å²) in [5, 5.41) is 20.9. The third-order valence-corrected chi connectivity index (χ3v) is 4.63. The van der Waals surface area contributed by atoms with Gasteiger partial charge in [0, 0.05) is 11.8 Å². The van der Waals surface area contributed by atoms with Crippen molar-refractivity contribution in [1.82, 2.24) is 0 Å². The maximum Gasteiger partial charge on any atom is 0.337 e. The van der Waals surface area contributed by atoms with Gasteiger partial charge in [-0.05, 0) is 0 Å². The third-order valence-electron chi connectivity index (χ3n) is 4.63. The SMILES string of the molecule is COC(=O)C1=C(O)[C@H](C(=O)OC)[C@H]2C(C(=O)OC)=C(O)[C@H](C(=O)OC)[C@@H]12. The standard InChI is InChI=1S/C16H18O10/c1-23-13(19)7-5-6(9(11(7)17)15(21)25-3)10(16(22)26-4)12(18)8(5)14(20)24-2/h5-7,10,17-18H,1-4H3/t5-,6+,7+,10+/m0/s1. The van der Waals surface area contributed by atoms with Crippen LogP contribution in [0.2, 0.25) is 0 Å². The molecule has 26 heavy (non-hydrogen) atoms. The van der Waals surface area contributed by atoms with E-state index in [0.29, 0.717) is 0 Å². The molecule has 0 heterocycles. The lowest BCUT2D eigenvalue weighted by Gasteiger charge is -2.21. The van der Waals surface area contributed by atoms with Crippen LogP contribution in [0.1, 0.15) is 0 Å². The highest BCUT2D eigenvalue weighted by atomic mass is 16.5. The summed E-state index contributed by atoms with van der Waals surface area (Å²) >= 11 is 0. The molecule has 0 amide bonds. The summed E-state index contributed by atoms with van der Waals surface area (Å²) in [6.07, 6.45) is 0. The van der Waals surface area contributed by atoms with Crippen molar-refractivity contribution in [2.75, 3.05) is 28.4 Å². The molecule has 0 radical (unpaired) electrons. The number of esters is 4. The molecule has 0 aromatic rings. The topological polar surface area (TPSA) is 146 Å². The molecule has 0 saturated heterocycles. The van der Waals surface area contributed by atoms with Crippen molar-refractivity contribution in [3.05, 3.63) is 22.7 Å². The summed E-state index contributed by atoms with van der Waals surface area (Å²) in [5.41, 5.74) is -0.817. The van der Waals surface area contributed by atoms with Crippen LogP contribution in [-0.2, 0) is 38.1 Å². The Morgan fingerprint density at radius 1 is 0.654 bits per heavy atom. The van der Waals surface area contributed by atoms with E-state index in [1.807, 2.05) is 0 Å². The Labute approximate surface area is 148 Å². The molecular weight excluding hydrogens is 352 g/mol. The zero-order valence-electron chi connectivity index (χ0n) is 14.5. The number of fused-ring (bicyclic) bond motifs is 1. The van der Waals surface area contributed by atoms with Crippen molar-refractivity contribution in [2.24, 2.45) is 23.7 Å². The minimum absolute atomic E-state index is 0.409. The molecule has 0 aromatic carbocycles. The molecule has 142 valence electrons. The first-order chi connectivity index (χ1) is 12.3. The molecular formula is C16H18O10. The Hall–Kier alpha value is -3.04. The van der Waals surface area contributed by atoms with Gasteiger partial charge < -0.3 is 29.2 Å². The number of aliphatic hydroxyl groups is 2. The normalized spacial score (nSPS) is 27.1. The number of hydrogen-bond acceptors (Lipinski definition) is 10. The molecule has 0 aliphatic heterocycles. The highest BCUT2D eigenvalue weighted by molar-refractivity contribution is 6.00. The summed E-state index contributed by atoms with van der Waals surface area (Å²) in [5.74, 6) is -10.8. The van der Waals surface area contributed by atoms with E-state index in [9.17, 15) is 29.4 Å². The zero-order valence-corrected chi connectivity index (χ0v) is 14.5. The second kappa shape index (κ2) is 7.06. The Morgan fingerprint density at radius 2 is 0.962 bits per heavy atom. The molecule has 2 aliphatic rings. The highest BCUT2D eigenvalue weighted by Gasteiger charge is 2.63. The summed E-state index contributed by atoms with van der Waals surface area (Å²) in [6.45, 7) is 0. The van der Waals surface area contributed by atoms with Crippen LogP contribution in [0.4, 0.5) is 0 Å². The third kappa shape index (κ3) is 2.57. The predicted octanol–water partition coefficient (Wildman–Crippen LogP) is -0.205. The van der Waals surface area contributed by atoms with Crippen LogP contribution in [0, 0.1) is 23.7 Å². The molecule has 0 saturated carbocycles. The van der Waals surface area contributed by atoms with Crippen LogP contribution >= 0.6 is 0 Å². The molecule has 4 atom stereocenters. The van der Waals surface area contributed by atoms with Crippen LogP contribution in [0.15, 0.2) is 22.7 Å². The van der Waals surface area contributed by atoms with E-state index in [4.69, 9.17) is 0 Å². The first-order valence-electron chi connectivity index (χ1n) is 7.45. The Morgan fingerprint density at radius 3 is 1.19 bits per heavy atom. The van der Waals surface area contributed by atoms with Crippen molar-refractivity contribution in [3.8, 4) is 0 Å². The second-order valence-corrected chi connectivity index (χ2v) is 5.63. The number of rotatable bonds is 4. The molecule has 0 unspecified atom stereocenters. The zero-order chi connectivity index (χ0) is 19.8. The van der Waals surface area contributed by atoms with E-state index < -0.39 is 70.2 Å². The minimum Gasteiger partial charge on any atom is -0.511 e. The van der Waals surface area contributed by atoms with Crippen LogP contribution in [0.25, 0.3) is 0 Å². The Kier molecular flexibility index (Phi) is 5.24. The lowest BCUT2D eigenvalue weighted by molar-refractivity contribution is -0.150. The van der Waals surface area contributed by atoms with E-state index in [0.717, 1.165) is 28.4 Å². The molecule has 2 rings (SSSR count). The summed E-state index contributed by atoms with van der Waals surface area (Å²) in [6, 6.07) is 0. The maximum atomic E-state index is 12.2. The maximum absolute atomic E-state index is 12.2. The van der Waals surface area contributed by atoms with Gasteiger partial charge in [0.1, 0.15) is 23.4 Å². The molecule has 2 aliphatic carbocycles. The van der Waals surface area contributed by atoms with Gasteiger partial charge in [0.15, 0.2) is 0 Å². The monoisotopic (exact) mass is 370 g/mol. The van der Waals surface area contributed by atoms with Crippen LogP contribution < -0.4 is 0 Å². The van der Waals surface area contributed by atoms with E-state index in [1.165, 1.54) is 0 Å². The van der Waals surface area contributed by atoms with Crippen molar-refractivity contribution in [1.29, 1.82) is 0 Å². The number of hydrogen-bond donors (Lipinski definition) is 2. The van der Waals surface area contributed by atoms with Gasteiger partial charge in [-0.15, -0.1) is 0 Å². The smallest absolute Gasteiger partial charge is 0.337 e. The predicted molar refractivity (Wildman–Crippen MR) is 81.3 cm³/mol. The van der Waals surface area contributed by atoms with Crippen molar-refractivity contribution in [2.45, 2.75) is 0 Å². The molecule has 0 fully saturated rings. The molecule has 0 bridgehead atoms. The van der Waals surface area contributed by atoms with Gasteiger partial charge in [0.05, 0.1) is 39.6 Å². The molecule has 0 aromatic heterocycles. The fourth-order valence-corrected chi connectivity index (χ4v) is 3.60. The Balaban J connectivity index is 2.74. The van der Waals surface area contributed by atoms with Crippen LogP contribution in [-0.4, -0.2) is 62.5 Å². The number of aliphatic hydroxyl groups excluding tert-OH is 2. The Bertz CT molecular complexity index is 669. The van der Waals surface area contributed by atoms with Gasteiger partial charge in [-0.3, -0.25) is 9.59 Å². The van der Waals surface area contributed by atoms with Crippen molar-refractivity contribution < 1.29 is 48.3 Å². The van der Waals surface area contributed by atoms with E-state index >= 15 is 0 Å². The van der Waals surface area contributed by atoms with Gasteiger partial charge in [-0.2, -0.15) is 0 Å². The average molecular weight is 370 g/mol. The van der Waals surface area contributed by atoms with Gasteiger partial charge in [-0.25, -0.2) is 9.59 Å². The summed E-state index contributed by atoms with van der Waals surface area (Å²) < 4.78 is 18.5. The first kappa shape index (κ1) is 19.3. The highest BCUT2D eigenvalue weighted by Crippen LogP contribution is 2.56. The quantitative estimate of drug-likeness (QED) is 0.503. The fraction of sp³-hybridized carbons (Fsp3) is 0.500. The molecule has 0 spiro atoms. The summed E-state index contributed by atoms with van der Waals surface area (Å²) in [7, 11) is 4.18. The van der Waals surface area contributed by atoms with Gasteiger partial charge in [-0.1, -0.05) is 0 Å². The van der Waals surface area contributed by atoms with Gasteiger partial charge in [0.25, 0.3) is 0 Å². The van der Waals surface area contributed by atoms with Crippen LogP contribution in [0.3, 0.4) is 0 Å². The number of carbonyl (C=O) groups is 4. The van der Waals surface area contributed by atoms with E-state index in [2.05, 4.69) is 18.9 Å². The minimum atomic E-state index is -1.50. The number of methoxy groups -OCH3 is 4. The number of ether oxygens (including phenoxy) is 4. The molecule has 10 heteroatoms. The van der Waals surface area contributed by atoms with Crippen molar-refractivity contribution >= 4 is 23.9 Å². The van der Waals surface area contributed by atoms with Gasteiger partial charge in [0.2, 0.25) is 0 Å². The molecule has 10 nitrogen and oxygen atoms in total. The largest absolute Gasteiger partial charge is 0.511 e. The number of carbonyl (C=O) groups excluding carboxylic acids is 4. The summed E-state index contributed by atoms with van der Waals surface area (Å²) in [4.78, 5) is 48.7. The lowest BCUT2D eigenvalue weighted by Crippen LogP contribution is -2.32. The molecule has 2 N–H and O–H groups in total. The van der Waals surface area contributed by atoms with E-state index in [-0.39, 0.29) is 0 Å². The van der Waals surface area contributed by atoms with Crippen LogP contribution in [0.5, 0.6) is 0 Å². The first-order valence-corrected chi connectivity index (χ1v) is 7.45. The lowest BCUT2D eigenvalue weighted by atomic mass is 9.81. The van der Waals surface area contributed by atoms with Crippen molar-refractivity contribution in [3.63, 3.8) is 0 Å². The van der Waals surface area contributed by atoms with E-state index in [1.54, 1.807) is 0 Å². The van der Waals surface area contributed by atoms with Gasteiger partial charge >= 0.3 is 23.9 Å².